The molecule has 5 atom stereocenters. The van der Waals surface area contributed by atoms with E-state index in [0.717, 1.165) is 25.7 Å². The van der Waals surface area contributed by atoms with E-state index in [2.05, 4.69) is 27.8 Å². The van der Waals surface area contributed by atoms with Gasteiger partial charge in [0.25, 0.3) is 11.7 Å². The van der Waals surface area contributed by atoms with Crippen LogP contribution in [-0.2, 0) is 24.0 Å². The molecule has 0 spiro atoms. The number of carbonyl (C=O) groups is 6. The Kier molecular flexibility index (Phi) is 14.4. The van der Waals surface area contributed by atoms with Gasteiger partial charge in [-0.05, 0) is 66.9 Å². The maximum absolute atomic E-state index is 14.4. The SMILES string of the molecule is C=CCNC(=O)C(=O)C(NC(=O)[C@@H]1[C@@H](C(C)C)CCN1C(=O)[C@@H](NC(=O)N[C@H](CN1CCCCC1=O)C(C)C)C(C)(C)C)SCC1CC1. The third-order valence-electron chi connectivity index (χ3n) is 9.54. The Morgan fingerprint density at radius 2 is 1.67 bits per heavy atom. The van der Waals surface area contributed by atoms with Crippen LogP contribution in [0.15, 0.2) is 12.7 Å². The molecule has 0 aromatic heterocycles. The Labute approximate surface area is 290 Å². The Morgan fingerprint density at radius 1 is 0.979 bits per heavy atom. The van der Waals surface area contributed by atoms with Crippen molar-refractivity contribution < 1.29 is 28.8 Å². The van der Waals surface area contributed by atoms with Crippen molar-refractivity contribution in [2.24, 2.45) is 29.1 Å². The molecule has 4 N–H and O–H groups in total. The molecule has 1 aliphatic carbocycles. The molecule has 270 valence electrons. The molecule has 0 aromatic rings. The normalized spacial score (nSPS) is 21.8. The molecule has 6 amide bonds. The zero-order valence-electron chi connectivity index (χ0n) is 29.9. The highest BCUT2D eigenvalue weighted by Gasteiger charge is 2.48. The van der Waals surface area contributed by atoms with Gasteiger partial charge in [0.05, 0.1) is 6.04 Å². The summed E-state index contributed by atoms with van der Waals surface area (Å²) in [6, 6.07) is -2.67. The van der Waals surface area contributed by atoms with Gasteiger partial charge in [0.1, 0.15) is 17.5 Å². The zero-order valence-corrected chi connectivity index (χ0v) is 30.8. The highest BCUT2D eigenvalue weighted by molar-refractivity contribution is 8.00. The summed E-state index contributed by atoms with van der Waals surface area (Å²) in [6.07, 6.45) is 6.47. The molecule has 3 fully saturated rings. The largest absolute Gasteiger partial charge is 0.346 e. The van der Waals surface area contributed by atoms with E-state index in [0.29, 0.717) is 44.1 Å². The molecule has 0 aromatic carbocycles. The number of likely N-dealkylation sites (tertiary alicyclic amines) is 2. The van der Waals surface area contributed by atoms with Gasteiger partial charge < -0.3 is 31.1 Å². The van der Waals surface area contributed by atoms with Gasteiger partial charge in [-0.3, -0.25) is 24.0 Å². The molecule has 0 radical (unpaired) electrons. The molecule has 3 rings (SSSR count). The Morgan fingerprint density at radius 3 is 2.23 bits per heavy atom. The lowest BCUT2D eigenvalue weighted by Gasteiger charge is -2.37. The van der Waals surface area contributed by atoms with Gasteiger partial charge in [-0.2, -0.15) is 0 Å². The third kappa shape index (κ3) is 11.0. The smallest absolute Gasteiger partial charge is 0.315 e. The van der Waals surface area contributed by atoms with Crippen molar-refractivity contribution in [2.45, 2.75) is 110 Å². The first kappa shape index (κ1) is 39.3. The van der Waals surface area contributed by atoms with Crippen molar-refractivity contribution in [3.8, 4) is 0 Å². The fraction of sp³-hybridized carbons (Fsp3) is 0.771. The van der Waals surface area contributed by atoms with E-state index < -0.39 is 46.5 Å². The number of Topliss-reactive ketones (excluding diaryl/α,β-unsaturated/α-hetero) is 1. The fourth-order valence-electron chi connectivity index (χ4n) is 6.25. The minimum absolute atomic E-state index is 0.0417. The monoisotopic (exact) mass is 690 g/mol. The van der Waals surface area contributed by atoms with Crippen LogP contribution in [0.5, 0.6) is 0 Å². The Balaban J connectivity index is 1.79. The van der Waals surface area contributed by atoms with E-state index in [4.69, 9.17) is 0 Å². The van der Waals surface area contributed by atoms with E-state index in [1.54, 1.807) is 4.90 Å². The second kappa shape index (κ2) is 17.5. The van der Waals surface area contributed by atoms with Crippen LogP contribution < -0.4 is 21.3 Å². The van der Waals surface area contributed by atoms with Crippen LogP contribution in [0, 0.1) is 29.1 Å². The summed E-state index contributed by atoms with van der Waals surface area (Å²) >= 11 is 1.25. The quantitative estimate of drug-likeness (QED) is 0.110. The molecular formula is C35H58N6O6S. The lowest BCUT2D eigenvalue weighted by Crippen LogP contribution is -2.62. The first-order chi connectivity index (χ1) is 22.5. The van der Waals surface area contributed by atoms with Crippen molar-refractivity contribution in [1.29, 1.82) is 0 Å². The number of carbonyl (C=O) groups excluding carboxylic acids is 6. The van der Waals surface area contributed by atoms with Gasteiger partial charge in [-0.15, -0.1) is 18.3 Å². The topological polar surface area (TPSA) is 157 Å². The lowest BCUT2D eigenvalue weighted by molar-refractivity contribution is -0.144. The van der Waals surface area contributed by atoms with E-state index in [-0.39, 0.29) is 42.2 Å². The Bertz CT molecular complexity index is 1200. The summed E-state index contributed by atoms with van der Waals surface area (Å²) in [7, 11) is 0. The maximum Gasteiger partial charge on any atom is 0.315 e. The van der Waals surface area contributed by atoms with Crippen molar-refractivity contribution in [3.05, 3.63) is 12.7 Å². The number of rotatable bonds is 16. The van der Waals surface area contributed by atoms with Gasteiger partial charge in [0.15, 0.2) is 0 Å². The number of hydrogen-bond acceptors (Lipinski definition) is 7. The summed E-state index contributed by atoms with van der Waals surface area (Å²) in [4.78, 5) is 83.5. The van der Waals surface area contributed by atoms with Crippen LogP contribution in [0.1, 0.15) is 87.0 Å². The molecule has 1 unspecified atom stereocenters. The van der Waals surface area contributed by atoms with Crippen LogP contribution in [0.2, 0.25) is 0 Å². The summed E-state index contributed by atoms with van der Waals surface area (Å²) in [5, 5.41) is 10.2. The molecule has 12 nitrogen and oxygen atoms in total. The van der Waals surface area contributed by atoms with Crippen molar-refractivity contribution in [3.63, 3.8) is 0 Å². The number of amides is 6. The van der Waals surface area contributed by atoms with Crippen LogP contribution in [0.25, 0.3) is 0 Å². The van der Waals surface area contributed by atoms with Gasteiger partial charge in [-0.25, -0.2) is 4.79 Å². The molecule has 13 heteroatoms. The number of thioether (sulfide) groups is 1. The van der Waals surface area contributed by atoms with Crippen LogP contribution in [0.3, 0.4) is 0 Å². The van der Waals surface area contributed by atoms with Crippen LogP contribution in [-0.4, -0.2) is 101 Å². The molecule has 2 aliphatic heterocycles. The Hall–Kier alpha value is -3.09. The van der Waals surface area contributed by atoms with Crippen molar-refractivity contribution in [2.75, 3.05) is 31.9 Å². The van der Waals surface area contributed by atoms with E-state index in [9.17, 15) is 28.8 Å². The van der Waals surface area contributed by atoms with Crippen LogP contribution in [0.4, 0.5) is 4.79 Å². The van der Waals surface area contributed by atoms with Gasteiger partial charge in [-0.1, -0.05) is 54.5 Å². The molecular weight excluding hydrogens is 632 g/mol. The summed E-state index contributed by atoms with van der Waals surface area (Å²) < 4.78 is 0. The fourth-order valence-corrected chi connectivity index (χ4v) is 7.51. The second-order valence-electron chi connectivity index (χ2n) is 15.3. The van der Waals surface area contributed by atoms with E-state index >= 15 is 0 Å². The number of ketones is 1. The maximum atomic E-state index is 14.4. The van der Waals surface area contributed by atoms with Gasteiger partial charge >= 0.3 is 6.03 Å². The van der Waals surface area contributed by atoms with Gasteiger partial charge in [0, 0.05) is 32.6 Å². The average Bonchev–Trinajstić information content (AvgIpc) is 3.74. The predicted octanol–water partition coefficient (Wildman–Crippen LogP) is 3.07. The molecule has 1 saturated carbocycles. The first-order valence-electron chi connectivity index (χ1n) is 17.5. The van der Waals surface area contributed by atoms with Gasteiger partial charge in [0.2, 0.25) is 17.7 Å². The summed E-state index contributed by atoms with van der Waals surface area (Å²) in [6.45, 7) is 18.6. The van der Waals surface area contributed by atoms with E-state index in [1.165, 1.54) is 22.7 Å². The third-order valence-corrected chi connectivity index (χ3v) is 10.9. The molecule has 0 bridgehead atoms. The minimum Gasteiger partial charge on any atom is -0.346 e. The molecule has 2 saturated heterocycles. The van der Waals surface area contributed by atoms with Crippen molar-refractivity contribution >= 4 is 47.2 Å². The second-order valence-corrected chi connectivity index (χ2v) is 16.4. The highest BCUT2D eigenvalue weighted by Crippen LogP contribution is 2.35. The number of piperidine rings is 1. The van der Waals surface area contributed by atoms with E-state index in [1.807, 2.05) is 48.5 Å². The standard InChI is InChI=1S/C35H58N6O6S/c1-9-16-36-31(45)28(43)32(48-20-23-13-14-23)39-30(44)27-24(21(2)3)15-18-41(27)33(46)29(35(6,7)8)38-34(47)37-25(22(4)5)19-40-17-11-10-12-26(40)42/h9,21-25,27,29,32H,1,10-20H2,2-8H3,(H,36,45)(H,39,44)(H2,37,38,47)/t24-,25-,27+,29-,32?/m1/s1. The number of nitrogens with zero attached hydrogens (tertiary/aromatic N) is 2. The zero-order chi connectivity index (χ0) is 35.8. The van der Waals surface area contributed by atoms with Crippen LogP contribution >= 0.6 is 11.8 Å². The summed E-state index contributed by atoms with van der Waals surface area (Å²) in [5.41, 5.74) is -0.705. The highest BCUT2D eigenvalue weighted by atomic mass is 32.2. The van der Waals surface area contributed by atoms with Crippen molar-refractivity contribution in [1.82, 2.24) is 31.1 Å². The molecule has 3 aliphatic rings. The number of hydrogen-bond donors (Lipinski definition) is 4. The number of urea groups is 1. The predicted molar refractivity (Wildman–Crippen MR) is 188 cm³/mol. The molecule has 48 heavy (non-hydrogen) atoms. The average molecular weight is 691 g/mol. The number of nitrogens with one attached hydrogen (secondary N) is 4. The first-order valence-corrected chi connectivity index (χ1v) is 18.6. The molecule has 2 heterocycles. The lowest BCUT2D eigenvalue weighted by atomic mass is 9.84. The minimum atomic E-state index is -1.09. The summed E-state index contributed by atoms with van der Waals surface area (Å²) in [5.74, 6) is -1.33.